The van der Waals surface area contributed by atoms with Crippen LogP contribution in [0.3, 0.4) is 0 Å². The summed E-state index contributed by atoms with van der Waals surface area (Å²) in [5, 5.41) is 12.9. The summed E-state index contributed by atoms with van der Waals surface area (Å²) in [5.74, 6) is 0.675. The van der Waals surface area contributed by atoms with Crippen molar-refractivity contribution in [3.8, 4) is 11.3 Å². The minimum absolute atomic E-state index is 0.192. The molecule has 152 valence electrons. The lowest BCUT2D eigenvalue weighted by Crippen LogP contribution is -2.14. The fraction of sp³-hybridized carbons (Fsp3) is 0.350. The number of hydrogen-bond acceptors (Lipinski definition) is 6. The Balaban J connectivity index is 1.65. The second-order valence-electron chi connectivity index (χ2n) is 7.72. The van der Waals surface area contributed by atoms with Gasteiger partial charge in [0.05, 0.1) is 16.8 Å². The molecule has 0 atom stereocenters. The van der Waals surface area contributed by atoms with Crippen LogP contribution in [0, 0.1) is 6.92 Å². The molecule has 4 rings (SSSR count). The first kappa shape index (κ1) is 19.5. The van der Waals surface area contributed by atoms with Crippen LogP contribution in [0.4, 0.5) is 11.6 Å². The summed E-state index contributed by atoms with van der Waals surface area (Å²) in [6, 6.07) is 5.33. The van der Waals surface area contributed by atoms with Gasteiger partial charge in [0, 0.05) is 29.7 Å². The van der Waals surface area contributed by atoms with Gasteiger partial charge in [-0.25, -0.2) is 23.5 Å². The third-order valence-electron chi connectivity index (χ3n) is 4.97. The third kappa shape index (κ3) is 4.15. The molecular weight excluding hydrogens is 388 g/mol. The number of benzene rings is 1. The van der Waals surface area contributed by atoms with Crippen molar-refractivity contribution in [2.75, 3.05) is 5.32 Å². The van der Waals surface area contributed by atoms with E-state index in [2.05, 4.69) is 34.2 Å². The largest absolute Gasteiger partial charge is 0.324 e. The van der Waals surface area contributed by atoms with Gasteiger partial charge in [-0.05, 0) is 68.9 Å². The fourth-order valence-electron chi connectivity index (χ4n) is 3.27. The summed E-state index contributed by atoms with van der Waals surface area (Å²) >= 11 is 0. The van der Waals surface area contributed by atoms with E-state index in [1.54, 1.807) is 24.5 Å². The Bertz CT molecular complexity index is 1170. The van der Waals surface area contributed by atoms with Gasteiger partial charge in [-0.15, -0.1) is 0 Å². The standard InChI is InChI=1S/C20H24N6O2S/c1-12(2)26-11-15(10-23-26)19-13(3)9-22-20(25-19)24-16-6-7-18(29(21,27)28)17(8-16)14-4-5-14/h6-12,14H,4-5H2,1-3H3,(H2,21,27,28)(H,22,24,25). The first-order valence-corrected chi connectivity index (χ1v) is 11.1. The van der Waals surface area contributed by atoms with Gasteiger partial charge >= 0.3 is 0 Å². The third-order valence-corrected chi connectivity index (χ3v) is 5.95. The van der Waals surface area contributed by atoms with E-state index in [1.807, 2.05) is 23.9 Å². The molecule has 9 heteroatoms. The second-order valence-corrected chi connectivity index (χ2v) is 9.25. The van der Waals surface area contributed by atoms with E-state index in [1.165, 1.54) is 0 Å². The molecule has 0 radical (unpaired) electrons. The van der Waals surface area contributed by atoms with E-state index in [0.29, 0.717) is 5.95 Å². The molecule has 0 amide bonds. The minimum atomic E-state index is -3.75. The number of primary sulfonamides is 1. The Morgan fingerprint density at radius 2 is 2.00 bits per heavy atom. The SMILES string of the molecule is Cc1cnc(Nc2ccc(S(N)(=O)=O)c(C3CC3)c2)nc1-c1cnn(C(C)C)c1. The highest BCUT2D eigenvalue weighted by Gasteiger charge is 2.29. The number of sulfonamides is 1. The van der Waals surface area contributed by atoms with Crippen LogP contribution in [0.15, 0.2) is 41.7 Å². The Morgan fingerprint density at radius 1 is 1.24 bits per heavy atom. The van der Waals surface area contributed by atoms with Crippen LogP contribution in [0.25, 0.3) is 11.3 Å². The first-order valence-electron chi connectivity index (χ1n) is 9.54. The van der Waals surface area contributed by atoms with Gasteiger partial charge < -0.3 is 5.32 Å². The van der Waals surface area contributed by atoms with Crippen molar-refractivity contribution < 1.29 is 8.42 Å². The molecule has 0 unspecified atom stereocenters. The average Bonchev–Trinajstić information content (AvgIpc) is 3.38. The molecule has 0 saturated heterocycles. The molecule has 3 aromatic rings. The molecule has 1 saturated carbocycles. The lowest BCUT2D eigenvalue weighted by Gasteiger charge is -2.12. The van der Waals surface area contributed by atoms with Crippen LogP contribution in [-0.2, 0) is 10.0 Å². The number of rotatable bonds is 6. The normalized spacial score (nSPS) is 14.4. The Hall–Kier alpha value is -2.78. The quantitative estimate of drug-likeness (QED) is 0.640. The van der Waals surface area contributed by atoms with Crippen LogP contribution >= 0.6 is 0 Å². The molecule has 2 aromatic heterocycles. The summed E-state index contributed by atoms with van der Waals surface area (Å²) in [7, 11) is -3.75. The van der Waals surface area contributed by atoms with Gasteiger partial charge in [-0.1, -0.05) is 0 Å². The van der Waals surface area contributed by atoms with E-state index < -0.39 is 10.0 Å². The van der Waals surface area contributed by atoms with Crippen molar-refractivity contribution in [2.45, 2.75) is 50.5 Å². The molecule has 2 heterocycles. The highest BCUT2D eigenvalue weighted by atomic mass is 32.2. The smallest absolute Gasteiger partial charge is 0.238 e. The zero-order valence-electron chi connectivity index (χ0n) is 16.6. The maximum atomic E-state index is 11.9. The molecule has 1 aromatic carbocycles. The van der Waals surface area contributed by atoms with E-state index in [4.69, 9.17) is 5.14 Å². The molecular formula is C20H24N6O2S. The number of hydrogen-bond donors (Lipinski definition) is 2. The Labute approximate surface area is 170 Å². The number of nitrogens with zero attached hydrogens (tertiary/aromatic N) is 4. The molecule has 1 aliphatic carbocycles. The van der Waals surface area contributed by atoms with Crippen LogP contribution in [-0.4, -0.2) is 28.2 Å². The summed E-state index contributed by atoms with van der Waals surface area (Å²) in [5.41, 5.74) is 4.15. The van der Waals surface area contributed by atoms with Gasteiger partial charge in [-0.2, -0.15) is 5.10 Å². The van der Waals surface area contributed by atoms with Crippen molar-refractivity contribution in [3.63, 3.8) is 0 Å². The number of aryl methyl sites for hydroxylation is 1. The van der Waals surface area contributed by atoms with Gasteiger partial charge in [0.2, 0.25) is 16.0 Å². The molecule has 0 bridgehead atoms. The lowest BCUT2D eigenvalue weighted by atomic mass is 10.1. The lowest BCUT2D eigenvalue weighted by molar-refractivity contribution is 0.532. The van der Waals surface area contributed by atoms with Crippen LogP contribution < -0.4 is 10.5 Å². The molecule has 1 aliphatic rings. The highest BCUT2D eigenvalue weighted by Crippen LogP contribution is 2.43. The van der Waals surface area contributed by atoms with Crippen molar-refractivity contribution in [2.24, 2.45) is 5.14 Å². The number of aromatic nitrogens is 4. The van der Waals surface area contributed by atoms with Crippen molar-refractivity contribution in [1.82, 2.24) is 19.7 Å². The van der Waals surface area contributed by atoms with Crippen molar-refractivity contribution >= 4 is 21.7 Å². The molecule has 29 heavy (non-hydrogen) atoms. The zero-order valence-corrected chi connectivity index (χ0v) is 17.4. The highest BCUT2D eigenvalue weighted by molar-refractivity contribution is 7.89. The number of nitrogens with two attached hydrogens (primary N) is 1. The van der Waals surface area contributed by atoms with Crippen LogP contribution in [0.5, 0.6) is 0 Å². The molecule has 0 aliphatic heterocycles. The van der Waals surface area contributed by atoms with Gasteiger partial charge in [0.1, 0.15) is 0 Å². The number of anilines is 2. The molecule has 1 fully saturated rings. The average molecular weight is 413 g/mol. The molecule has 3 N–H and O–H groups in total. The van der Waals surface area contributed by atoms with Crippen LogP contribution in [0.2, 0.25) is 0 Å². The first-order chi connectivity index (χ1) is 13.7. The van der Waals surface area contributed by atoms with Crippen LogP contribution in [0.1, 0.15) is 49.8 Å². The van der Waals surface area contributed by atoms with E-state index in [-0.39, 0.29) is 16.9 Å². The fourth-order valence-corrected chi connectivity index (χ4v) is 4.08. The monoisotopic (exact) mass is 412 g/mol. The second kappa shape index (κ2) is 7.23. The predicted molar refractivity (Wildman–Crippen MR) is 111 cm³/mol. The Morgan fingerprint density at radius 3 is 2.62 bits per heavy atom. The summed E-state index contributed by atoms with van der Waals surface area (Å²) in [6.45, 7) is 6.09. The topological polar surface area (TPSA) is 116 Å². The van der Waals surface area contributed by atoms with Crippen molar-refractivity contribution in [3.05, 3.63) is 47.9 Å². The predicted octanol–water partition coefficient (Wildman–Crippen LogP) is 3.50. The minimum Gasteiger partial charge on any atom is -0.324 e. The number of nitrogens with one attached hydrogen (secondary N) is 1. The summed E-state index contributed by atoms with van der Waals surface area (Å²) in [4.78, 5) is 9.22. The maximum absolute atomic E-state index is 11.9. The van der Waals surface area contributed by atoms with Crippen molar-refractivity contribution in [1.29, 1.82) is 0 Å². The Kier molecular flexibility index (Phi) is 4.87. The molecule has 0 spiro atoms. The summed E-state index contributed by atoms with van der Waals surface area (Å²) in [6.07, 6.45) is 7.47. The zero-order chi connectivity index (χ0) is 20.8. The van der Waals surface area contributed by atoms with E-state index in [9.17, 15) is 8.42 Å². The maximum Gasteiger partial charge on any atom is 0.238 e. The molecule has 8 nitrogen and oxygen atoms in total. The van der Waals surface area contributed by atoms with E-state index >= 15 is 0 Å². The van der Waals surface area contributed by atoms with Gasteiger partial charge in [0.25, 0.3) is 0 Å². The van der Waals surface area contributed by atoms with Gasteiger partial charge in [0.15, 0.2) is 0 Å². The van der Waals surface area contributed by atoms with E-state index in [0.717, 1.165) is 40.9 Å². The summed E-state index contributed by atoms with van der Waals surface area (Å²) < 4.78 is 25.6. The van der Waals surface area contributed by atoms with Gasteiger partial charge in [-0.3, -0.25) is 4.68 Å².